The van der Waals surface area contributed by atoms with Crippen molar-refractivity contribution in [3.8, 4) is 0 Å². The van der Waals surface area contributed by atoms with Crippen LogP contribution in [0.1, 0.15) is 51.5 Å². The van der Waals surface area contributed by atoms with Gasteiger partial charge in [0, 0.05) is 19.7 Å². The molecule has 0 bridgehead atoms. The van der Waals surface area contributed by atoms with Crippen molar-refractivity contribution in [1.82, 2.24) is 4.90 Å². The van der Waals surface area contributed by atoms with Crippen LogP contribution >= 0.6 is 0 Å². The number of carbonyl (C=O) groups is 1. The number of allylic oxidation sites excluding steroid dienone is 2. The normalized spacial score (nSPS) is 12.4. The molecule has 0 N–H and O–H groups in total. The fourth-order valence-electron chi connectivity index (χ4n) is 2.40. The molecule has 1 aromatic rings. The second-order valence-electron chi connectivity index (χ2n) is 5.97. The molecule has 2 nitrogen and oxygen atoms in total. The summed E-state index contributed by atoms with van der Waals surface area (Å²) < 4.78 is 0. The van der Waals surface area contributed by atoms with E-state index in [0.29, 0.717) is 0 Å². The highest BCUT2D eigenvalue weighted by Crippen LogP contribution is 2.17. The molecule has 0 saturated carbocycles. The molecule has 2 heteroatoms. The van der Waals surface area contributed by atoms with E-state index in [1.807, 2.05) is 31.2 Å². The number of benzene rings is 1. The van der Waals surface area contributed by atoms with E-state index in [1.165, 1.54) is 36.8 Å². The SMILES string of the molecule is CCCCCCC(/C=C(/C)C(=O)N(C)C)=C\c1ccccc1. The van der Waals surface area contributed by atoms with E-state index in [1.54, 1.807) is 19.0 Å². The lowest BCUT2D eigenvalue weighted by atomic mass is 10.0. The van der Waals surface area contributed by atoms with Crippen molar-refractivity contribution < 1.29 is 4.79 Å². The van der Waals surface area contributed by atoms with Gasteiger partial charge in [0.2, 0.25) is 5.91 Å². The van der Waals surface area contributed by atoms with Crippen LogP contribution < -0.4 is 0 Å². The predicted octanol–water partition coefficient (Wildman–Crippen LogP) is 5.07. The van der Waals surface area contributed by atoms with Gasteiger partial charge in [-0.15, -0.1) is 0 Å². The Balaban J connectivity index is 2.89. The molecule has 0 unspecified atom stereocenters. The molecule has 1 amide bonds. The van der Waals surface area contributed by atoms with Gasteiger partial charge >= 0.3 is 0 Å². The number of unbranched alkanes of at least 4 members (excludes halogenated alkanes) is 3. The van der Waals surface area contributed by atoms with Crippen molar-refractivity contribution in [2.24, 2.45) is 0 Å². The highest BCUT2D eigenvalue weighted by molar-refractivity contribution is 5.93. The second kappa shape index (κ2) is 9.99. The van der Waals surface area contributed by atoms with Crippen molar-refractivity contribution >= 4 is 12.0 Å². The van der Waals surface area contributed by atoms with Crippen LogP contribution in [0.3, 0.4) is 0 Å². The van der Waals surface area contributed by atoms with Gasteiger partial charge in [-0.3, -0.25) is 4.79 Å². The Morgan fingerprint density at radius 1 is 1.09 bits per heavy atom. The van der Waals surface area contributed by atoms with E-state index >= 15 is 0 Å². The molecule has 0 spiro atoms. The summed E-state index contributed by atoms with van der Waals surface area (Å²) in [4.78, 5) is 13.7. The van der Waals surface area contributed by atoms with Crippen molar-refractivity contribution in [2.75, 3.05) is 14.1 Å². The van der Waals surface area contributed by atoms with Gasteiger partial charge in [-0.1, -0.05) is 68.7 Å². The quantitative estimate of drug-likeness (QED) is 0.372. The summed E-state index contributed by atoms with van der Waals surface area (Å²) in [7, 11) is 3.59. The van der Waals surface area contributed by atoms with Crippen molar-refractivity contribution in [3.63, 3.8) is 0 Å². The topological polar surface area (TPSA) is 20.3 Å². The minimum absolute atomic E-state index is 0.0764. The van der Waals surface area contributed by atoms with Crippen LogP contribution in [0.2, 0.25) is 0 Å². The maximum atomic E-state index is 12.0. The molecule has 0 heterocycles. The van der Waals surface area contributed by atoms with Gasteiger partial charge in [0.05, 0.1) is 0 Å². The first-order valence-corrected chi connectivity index (χ1v) is 8.20. The number of amides is 1. The zero-order chi connectivity index (χ0) is 16.4. The third-order valence-electron chi connectivity index (χ3n) is 3.62. The molecule has 0 aliphatic carbocycles. The largest absolute Gasteiger partial charge is 0.345 e. The number of carbonyl (C=O) groups excluding carboxylic acids is 1. The van der Waals surface area contributed by atoms with Crippen molar-refractivity contribution in [1.29, 1.82) is 0 Å². The van der Waals surface area contributed by atoms with E-state index in [-0.39, 0.29) is 5.91 Å². The van der Waals surface area contributed by atoms with Gasteiger partial charge in [0.25, 0.3) is 0 Å². The van der Waals surface area contributed by atoms with E-state index in [4.69, 9.17) is 0 Å². The molecule has 0 aromatic heterocycles. The first kappa shape index (κ1) is 18.2. The minimum Gasteiger partial charge on any atom is -0.345 e. The maximum Gasteiger partial charge on any atom is 0.248 e. The highest BCUT2D eigenvalue weighted by Gasteiger charge is 2.07. The fourth-order valence-corrected chi connectivity index (χ4v) is 2.40. The van der Waals surface area contributed by atoms with E-state index < -0.39 is 0 Å². The molecule has 0 fully saturated rings. The Labute approximate surface area is 135 Å². The summed E-state index contributed by atoms with van der Waals surface area (Å²) in [5.41, 5.74) is 3.21. The standard InChI is InChI=1S/C20H29NO/c1-5-6-7-9-14-19(15-17(2)20(22)21(3)4)16-18-12-10-8-11-13-18/h8,10-13,15-16H,5-7,9,14H2,1-4H3/b17-15-,19-16+. The van der Waals surface area contributed by atoms with E-state index in [9.17, 15) is 4.79 Å². The van der Waals surface area contributed by atoms with Crippen LogP contribution in [0, 0.1) is 0 Å². The highest BCUT2D eigenvalue weighted by atomic mass is 16.2. The number of hydrogen-bond acceptors (Lipinski definition) is 1. The van der Waals surface area contributed by atoms with Crippen molar-refractivity contribution in [3.05, 3.63) is 53.1 Å². The second-order valence-corrected chi connectivity index (χ2v) is 5.97. The molecule has 1 rings (SSSR count). The van der Waals surface area contributed by atoms with Crippen LogP contribution in [0.15, 0.2) is 47.6 Å². The van der Waals surface area contributed by atoms with E-state index in [0.717, 1.165) is 12.0 Å². The minimum atomic E-state index is 0.0764. The maximum absolute atomic E-state index is 12.0. The summed E-state index contributed by atoms with van der Waals surface area (Å²) in [5.74, 6) is 0.0764. The monoisotopic (exact) mass is 299 g/mol. The summed E-state index contributed by atoms with van der Waals surface area (Å²) in [5, 5.41) is 0. The molecule has 0 atom stereocenters. The Morgan fingerprint density at radius 2 is 1.77 bits per heavy atom. The number of nitrogens with zero attached hydrogens (tertiary/aromatic N) is 1. The summed E-state index contributed by atoms with van der Waals surface area (Å²) in [6, 6.07) is 10.3. The molecule has 0 saturated heterocycles. The third kappa shape index (κ3) is 6.75. The van der Waals surface area contributed by atoms with Gasteiger partial charge in [-0.25, -0.2) is 0 Å². The Kier molecular flexibility index (Phi) is 8.27. The summed E-state index contributed by atoms with van der Waals surface area (Å²) in [6.07, 6.45) is 10.2. The van der Waals surface area contributed by atoms with Gasteiger partial charge in [-0.05, 0) is 30.9 Å². The predicted molar refractivity (Wildman–Crippen MR) is 95.6 cm³/mol. The zero-order valence-electron chi connectivity index (χ0n) is 14.4. The lowest BCUT2D eigenvalue weighted by molar-refractivity contribution is -0.124. The Hall–Kier alpha value is -1.83. The van der Waals surface area contributed by atoms with Crippen LogP contribution in [-0.2, 0) is 4.79 Å². The molecule has 1 aromatic carbocycles. The molecule has 0 aliphatic rings. The first-order valence-electron chi connectivity index (χ1n) is 8.20. The fraction of sp³-hybridized carbons (Fsp3) is 0.450. The van der Waals surface area contributed by atoms with Crippen LogP contribution in [0.5, 0.6) is 0 Å². The van der Waals surface area contributed by atoms with Gasteiger partial charge in [-0.2, -0.15) is 0 Å². The first-order chi connectivity index (χ1) is 10.5. The zero-order valence-corrected chi connectivity index (χ0v) is 14.4. The smallest absolute Gasteiger partial charge is 0.248 e. The Bertz CT molecular complexity index is 512. The number of likely N-dealkylation sites (N-methyl/N-ethyl adjacent to an activating group) is 1. The molecular formula is C20H29NO. The van der Waals surface area contributed by atoms with Gasteiger partial charge in [0.15, 0.2) is 0 Å². The van der Waals surface area contributed by atoms with E-state index in [2.05, 4.69) is 25.1 Å². The summed E-state index contributed by atoms with van der Waals surface area (Å²) >= 11 is 0. The summed E-state index contributed by atoms with van der Waals surface area (Å²) in [6.45, 7) is 4.12. The average Bonchev–Trinajstić information content (AvgIpc) is 2.51. The molecule has 22 heavy (non-hydrogen) atoms. The number of rotatable bonds is 8. The number of hydrogen-bond donors (Lipinski definition) is 0. The average molecular weight is 299 g/mol. The Morgan fingerprint density at radius 3 is 2.36 bits per heavy atom. The van der Waals surface area contributed by atoms with Crippen LogP contribution in [0.25, 0.3) is 6.08 Å². The van der Waals surface area contributed by atoms with Gasteiger partial charge in [0.1, 0.15) is 0 Å². The third-order valence-corrected chi connectivity index (χ3v) is 3.62. The van der Waals surface area contributed by atoms with Crippen molar-refractivity contribution in [2.45, 2.75) is 46.0 Å². The van der Waals surface area contributed by atoms with Crippen LogP contribution in [-0.4, -0.2) is 24.9 Å². The van der Waals surface area contributed by atoms with Gasteiger partial charge < -0.3 is 4.90 Å². The molecule has 0 aliphatic heterocycles. The lowest BCUT2D eigenvalue weighted by Gasteiger charge is -2.11. The molecular weight excluding hydrogens is 270 g/mol. The van der Waals surface area contributed by atoms with Crippen LogP contribution in [0.4, 0.5) is 0 Å². The molecule has 0 radical (unpaired) electrons. The lowest BCUT2D eigenvalue weighted by Crippen LogP contribution is -2.22. The molecule has 120 valence electrons.